The van der Waals surface area contributed by atoms with E-state index in [1.807, 2.05) is 0 Å². The summed E-state index contributed by atoms with van der Waals surface area (Å²) in [6.45, 7) is 10.8. The summed E-state index contributed by atoms with van der Waals surface area (Å²) >= 11 is 0. The van der Waals surface area contributed by atoms with Crippen molar-refractivity contribution in [1.82, 2.24) is 20.6 Å². The van der Waals surface area contributed by atoms with E-state index in [1.54, 1.807) is 47.7 Å². The molecule has 0 aliphatic carbocycles. The molecule has 4 N–H and O–H groups in total. The maximum Gasteiger partial charge on any atom is 0.262 e. The second kappa shape index (κ2) is 6.70. The summed E-state index contributed by atoms with van der Waals surface area (Å²) in [4.78, 5) is 31.9. The number of amides is 2. The van der Waals surface area contributed by atoms with E-state index in [9.17, 15) is 14.7 Å². The number of H-pyrrole nitrogens is 1. The number of nitrogens with zero attached hydrogens (tertiary/aromatic N) is 1. The molecular formula is C16H28N4O3. The number of hydrogen-bond acceptors (Lipinski definition) is 4. The van der Waals surface area contributed by atoms with Crippen LogP contribution in [0.1, 0.15) is 53.7 Å². The van der Waals surface area contributed by atoms with Gasteiger partial charge in [-0.25, -0.2) is 4.98 Å². The van der Waals surface area contributed by atoms with Gasteiger partial charge in [0, 0.05) is 23.7 Å². The third kappa shape index (κ3) is 6.02. The Hall–Kier alpha value is -1.89. The van der Waals surface area contributed by atoms with Crippen LogP contribution in [0.25, 0.3) is 0 Å². The number of hydrogen-bond donors (Lipinski definition) is 4. The van der Waals surface area contributed by atoms with Crippen molar-refractivity contribution < 1.29 is 14.7 Å². The fourth-order valence-corrected chi connectivity index (χ4v) is 1.95. The van der Waals surface area contributed by atoms with Crippen molar-refractivity contribution in [2.45, 2.75) is 71.1 Å². The predicted molar refractivity (Wildman–Crippen MR) is 87.6 cm³/mol. The van der Waals surface area contributed by atoms with Crippen LogP contribution in [-0.4, -0.2) is 43.6 Å². The minimum absolute atomic E-state index is 0.0539. The summed E-state index contributed by atoms with van der Waals surface area (Å²) in [5.74, 6) is -1.41. The Bertz CT molecular complexity index is 511. The maximum atomic E-state index is 12.5. The highest BCUT2D eigenvalue weighted by molar-refractivity contribution is 6.08. The van der Waals surface area contributed by atoms with Crippen LogP contribution in [0, 0.1) is 0 Å². The molecule has 0 fully saturated rings. The van der Waals surface area contributed by atoms with Crippen molar-refractivity contribution in [3.05, 3.63) is 18.2 Å². The van der Waals surface area contributed by atoms with Gasteiger partial charge in [0.2, 0.25) is 5.60 Å². The molecule has 0 aromatic carbocycles. The second-order valence-electron chi connectivity index (χ2n) is 7.83. The Morgan fingerprint density at radius 2 is 1.57 bits per heavy atom. The Balaban J connectivity index is 2.98. The third-order valence-corrected chi connectivity index (χ3v) is 3.03. The van der Waals surface area contributed by atoms with Gasteiger partial charge in [-0.1, -0.05) is 0 Å². The molecule has 0 bridgehead atoms. The first-order valence-corrected chi connectivity index (χ1v) is 7.69. The molecule has 0 aliphatic rings. The summed E-state index contributed by atoms with van der Waals surface area (Å²) in [6, 6.07) is 0. The van der Waals surface area contributed by atoms with E-state index in [4.69, 9.17) is 0 Å². The number of imidazole rings is 1. The van der Waals surface area contributed by atoms with Crippen LogP contribution < -0.4 is 10.6 Å². The first-order valence-electron chi connectivity index (χ1n) is 7.69. The van der Waals surface area contributed by atoms with E-state index in [1.165, 1.54) is 6.33 Å². The Morgan fingerprint density at radius 1 is 1.09 bits per heavy atom. The van der Waals surface area contributed by atoms with Crippen molar-refractivity contribution in [3.8, 4) is 0 Å². The van der Waals surface area contributed by atoms with Crippen molar-refractivity contribution in [2.24, 2.45) is 0 Å². The van der Waals surface area contributed by atoms with Crippen molar-refractivity contribution in [3.63, 3.8) is 0 Å². The quantitative estimate of drug-likeness (QED) is 0.604. The molecule has 0 atom stereocenters. The van der Waals surface area contributed by atoms with Crippen LogP contribution in [0.3, 0.4) is 0 Å². The molecule has 1 aromatic heterocycles. The molecule has 0 saturated carbocycles. The van der Waals surface area contributed by atoms with Crippen molar-refractivity contribution >= 4 is 11.8 Å². The van der Waals surface area contributed by atoms with Gasteiger partial charge in [0.05, 0.1) is 12.0 Å². The molecule has 0 unspecified atom stereocenters. The summed E-state index contributed by atoms with van der Waals surface area (Å²) in [7, 11) is 0. The average Bonchev–Trinajstić information content (AvgIpc) is 2.84. The maximum absolute atomic E-state index is 12.5. The molecular weight excluding hydrogens is 296 g/mol. The fourth-order valence-electron chi connectivity index (χ4n) is 1.95. The van der Waals surface area contributed by atoms with E-state index in [-0.39, 0.29) is 6.42 Å². The molecule has 0 radical (unpaired) electrons. The Labute approximate surface area is 137 Å². The molecule has 2 amide bonds. The van der Waals surface area contributed by atoms with Gasteiger partial charge in [0.25, 0.3) is 11.8 Å². The van der Waals surface area contributed by atoms with Crippen LogP contribution in [0.2, 0.25) is 0 Å². The van der Waals surface area contributed by atoms with E-state index in [0.29, 0.717) is 12.1 Å². The lowest BCUT2D eigenvalue weighted by atomic mass is 9.91. The zero-order valence-electron chi connectivity index (χ0n) is 14.8. The zero-order chi connectivity index (χ0) is 17.9. The van der Waals surface area contributed by atoms with Gasteiger partial charge in [-0.15, -0.1) is 0 Å². The van der Waals surface area contributed by atoms with Crippen LogP contribution in [0.4, 0.5) is 0 Å². The van der Waals surface area contributed by atoms with E-state index in [0.717, 1.165) is 0 Å². The lowest BCUT2D eigenvalue weighted by molar-refractivity contribution is -0.156. The predicted octanol–water partition coefficient (Wildman–Crippen LogP) is 0.903. The number of aromatic amines is 1. The molecule has 1 heterocycles. The number of aliphatic hydroxyl groups is 1. The molecule has 7 heteroatoms. The van der Waals surface area contributed by atoms with Gasteiger partial charge in [0.1, 0.15) is 0 Å². The normalized spacial score (nSPS) is 12.8. The SMILES string of the molecule is CC(C)(C)NC(=O)C(O)(CCc1c[nH]cn1)C(=O)NC(C)(C)C. The molecule has 0 saturated heterocycles. The molecule has 1 aromatic rings. The third-order valence-electron chi connectivity index (χ3n) is 3.03. The monoisotopic (exact) mass is 324 g/mol. The largest absolute Gasteiger partial charge is 0.372 e. The summed E-state index contributed by atoms with van der Waals surface area (Å²) in [5.41, 5.74) is -2.59. The number of nitrogens with one attached hydrogen (secondary N) is 3. The smallest absolute Gasteiger partial charge is 0.262 e. The Kier molecular flexibility index (Phi) is 5.58. The van der Waals surface area contributed by atoms with Gasteiger partial charge in [-0.2, -0.15) is 0 Å². The number of aromatic nitrogens is 2. The molecule has 0 aliphatic heterocycles. The molecule has 130 valence electrons. The standard InChI is InChI=1S/C16H28N4O3/c1-14(2,3)19-12(21)16(23,13(22)20-15(4,5)6)8-7-11-9-17-10-18-11/h9-10,23H,7-8H2,1-6H3,(H,17,18)(H,19,21)(H,20,22). The number of rotatable bonds is 5. The van der Waals surface area contributed by atoms with Crippen LogP contribution in [-0.2, 0) is 16.0 Å². The van der Waals surface area contributed by atoms with Gasteiger partial charge < -0.3 is 20.7 Å². The first kappa shape index (κ1) is 19.2. The molecule has 1 rings (SSSR count). The van der Waals surface area contributed by atoms with Crippen molar-refractivity contribution in [1.29, 1.82) is 0 Å². The van der Waals surface area contributed by atoms with E-state index < -0.39 is 28.5 Å². The molecule has 7 nitrogen and oxygen atoms in total. The summed E-state index contributed by atoms with van der Waals surface area (Å²) < 4.78 is 0. The topological polar surface area (TPSA) is 107 Å². The van der Waals surface area contributed by atoms with Gasteiger partial charge in [0.15, 0.2) is 0 Å². The molecule has 0 spiro atoms. The number of carbonyl (C=O) groups excluding carboxylic acids is 2. The lowest BCUT2D eigenvalue weighted by Crippen LogP contribution is -2.62. The summed E-state index contributed by atoms with van der Waals surface area (Å²) in [6.07, 6.45) is 3.43. The van der Waals surface area contributed by atoms with Crippen LogP contribution in [0.5, 0.6) is 0 Å². The van der Waals surface area contributed by atoms with Crippen LogP contribution in [0.15, 0.2) is 12.5 Å². The van der Waals surface area contributed by atoms with Gasteiger partial charge in [-0.3, -0.25) is 9.59 Å². The fraction of sp³-hybridized carbons (Fsp3) is 0.688. The van der Waals surface area contributed by atoms with E-state index in [2.05, 4.69) is 20.6 Å². The van der Waals surface area contributed by atoms with Crippen LogP contribution >= 0.6 is 0 Å². The highest BCUT2D eigenvalue weighted by atomic mass is 16.3. The van der Waals surface area contributed by atoms with Crippen molar-refractivity contribution in [2.75, 3.05) is 0 Å². The Morgan fingerprint density at radius 3 is 1.91 bits per heavy atom. The first-order chi connectivity index (χ1) is 10.3. The molecule has 23 heavy (non-hydrogen) atoms. The summed E-state index contributed by atoms with van der Waals surface area (Å²) in [5, 5.41) is 16.2. The minimum atomic E-state index is -2.15. The number of aryl methyl sites for hydroxylation is 1. The number of carbonyl (C=O) groups is 2. The minimum Gasteiger partial charge on any atom is -0.372 e. The highest BCUT2D eigenvalue weighted by Crippen LogP contribution is 2.18. The second-order valence-corrected chi connectivity index (χ2v) is 7.83. The van der Waals surface area contributed by atoms with E-state index >= 15 is 0 Å². The lowest BCUT2D eigenvalue weighted by Gasteiger charge is -2.32. The highest BCUT2D eigenvalue weighted by Gasteiger charge is 2.45. The van der Waals surface area contributed by atoms with Gasteiger partial charge >= 0.3 is 0 Å². The van der Waals surface area contributed by atoms with Gasteiger partial charge in [-0.05, 0) is 48.0 Å². The average molecular weight is 324 g/mol. The zero-order valence-corrected chi connectivity index (χ0v) is 14.8.